The normalized spacial score (nSPS) is 17.3. The largest absolute Gasteiger partial charge is 0.400 e. The summed E-state index contributed by atoms with van der Waals surface area (Å²) in [7, 11) is 6.04. The Kier molecular flexibility index (Phi) is 27.8. The van der Waals surface area contributed by atoms with Crippen LogP contribution < -0.4 is 0 Å². The van der Waals surface area contributed by atoms with Crippen molar-refractivity contribution in [3.05, 3.63) is 23.8 Å². The van der Waals surface area contributed by atoms with E-state index in [1.165, 1.54) is 5.57 Å². The summed E-state index contributed by atoms with van der Waals surface area (Å²) in [6.07, 6.45) is 10.0. The van der Waals surface area contributed by atoms with Gasteiger partial charge in [-0.1, -0.05) is 58.4 Å². The van der Waals surface area contributed by atoms with Crippen LogP contribution in [0.15, 0.2) is 23.8 Å². The summed E-state index contributed by atoms with van der Waals surface area (Å²) in [5, 5.41) is 26.7. The van der Waals surface area contributed by atoms with Crippen LogP contribution in [-0.2, 0) is 14.2 Å². The summed E-state index contributed by atoms with van der Waals surface area (Å²) in [5.41, 5.74) is 1.19. The molecule has 194 valence electrons. The minimum absolute atomic E-state index is 0.00354. The molecule has 0 amide bonds. The van der Waals surface area contributed by atoms with Crippen LogP contribution in [0.2, 0.25) is 0 Å². The maximum Gasteiger partial charge on any atom is 0.0826 e. The standard InChI is InChI=1S/C23H44O5.C2H6.CH4O/c1-8-23(28-7)19(4)12-13-22(25)18(3)11-9-10-17(2)14-20(26-5)15-21(16-24)27-6;2*1-2/h9-11,18-25H,8,12-16H2,1-7H3;1-2H3;2H,1H3/b11-9+,17-10+;;. The molecule has 0 aliphatic carbocycles. The quantitative estimate of drug-likeness (QED) is 0.287. The molecule has 0 radical (unpaired) electrons. The van der Waals surface area contributed by atoms with Gasteiger partial charge in [-0.3, -0.25) is 0 Å². The number of allylic oxidation sites excluding steroid dienone is 2. The Morgan fingerprint density at radius 3 is 1.94 bits per heavy atom. The molecule has 0 fully saturated rings. The SMILES string of the molecule is CC.CCC(OC)C(C)CCC(O)C(C)/C=C/C=C(\C)CC(CC(CO)OC)OC.CO. The lowest BCUT2D eigenvalue weighted by Crippen LogP contribution is -2.24. The van der Waals surface area contributed by atoms with Crippen LogP contribution in [0, 0.1) is 11.8 Å². The highest BCUT2D eigenvalue weighted by Gasteiger charge is 2.18. The van der Waals surface area contributed by atoms with Crippen LogP contribution in [0.3, 0.4) is 0 Å². The van der Waals surface area contributed by atoms with E-state index >= 15 is 0 Å². The summed E-state index contributed by atoms with van der Waals surface area (Å²) in [5.74, 6) is 0.549. The Morgan fingerprint density at radius 2 is 1.50 bits per heavy atom. The molecule has 0 saturated heterocycles. The fourth-order valence-electron chi connectivity index (χ4n) is 3.44. The molecule has 6 heteroatoms. The fraction of sp³-hybridized carbons (Fsp3) is 0.846. The maximum absolute atomic E-state index is 10.4. The lowest BCUT2D eigenvalue weighted by Gasteiger charge is -2.23. The molecule has 0 rings (SSSR count). The first-order valence-electron chi connectivity index (χ1n) is 12.0. The summed E-state index contributed by atoms with van der Waals surface area (Å²) < 4.78 is 16.2. The van der Waals surface area contributed by atoms with Gasteiger partial charge in [-0.2, -0.15) is 0 Å². The predicted octanol–water partition coefficient (Wildman–Crippen LogP) is 4.76. The van der Waals surface area contributed by atoms with E-state index in [-0.39, 0.29) is 36.9 Å². The summed E-state index contributed by atoms with van der Waals surface area (Å²) in [6, 6.07) is 0. The number of methoxy groups -OCH3 is 3. The van der Waals surface area contributed by atoms with Gasteiger partial charge in [0.25, 0.3) is 0 Å². The molecule has 6 nitrogen and oxygen atoms in total. The van der Waals surface area contributed by atoms with Crippen LogP contribution in [0.25, 0.3) is 0 Å². The monoisotopic (exact) mass is 462 g/mol. The first kappa shape index (κ1) is 35.8. The van der Waals surface area contributed by atoms with Crippen molar-refractivity contribution in [1.29, 1.82) is 0 Å². The molecular formula is C26H54O6. The van der Waals surface area contributed by atoms with E-state index in [1.807, 2.05) is 26.8 Å². The molecule has 0 saturated carbocycles. The van der Waals surface area contributed by atoms with E-state index in [1.54, 1.807) is 21.3 Å². The van der Waals surface area contributed by atoms with Crippen LogP contribution in [0.5, 0.6) is 0 Å². The number of aliphatic hydroxyl groups excluding tert-OH is 3. The number of hydrogen-bond acceptors (Lipinski definition) is 6. The summed E-state index contributed by atoms with van der Waals surface area (Å²) >= 11 is 0. The van der Waals surface area contributed by atoms with E-state index in [2.05, 4.69) is 32.9 Å². The minimum Gasteiger partial charge on any atom is -0.400 e. The number of ether oxygens (including phenoxy) is 3. The topological polar surface area (TPSA) is 88.4 Å². The third kappa shape index (κ3) is 17.8. The van der Waals surface area contributed by atoms with Crippen molar-refractivity contribution in [2.75, 3.05) is 35.0 Å². The van der Waals surface area contributed by atoms with Gasteiger partial charge in [0, 0.05) is 40.8 Å². The Bertz CT molecular complexity index is 430. The zero-order valence-electron chi connectivity index (χ0n) is 22.5. The van der Waals surface area contributed by atoms with E-state index in [4.69, 9.17) is 19.3 Å². The minimum atomic E-state index is -0.347. The Balaban J connectivity index is -0.00000198. The number of hydrogen-bond donors (Lipinski definition) is 3. The molecule has 6 atom stereocenters. The first-order chi connectivity index (χ1) is 15.3. The van der Waals surface area contributed by atoms with Crippen molar-refractivity contribution in [3.8, 4) is 0 Å². The molecule has 0 aromatic heterocycles. The van der Waals surface area contributed by atoms with Crippen LogP contribution in [-0.4, -0.2) is 74.8 Å². The van der Waals surface area contributed by atoms with Crippen molar-refractivity contribution >= 4 is 0 Å². The van der Waals surface area contributed by atoms with Gasteiger partial charge in [0.05, 0.1) is 31.0 Å². The zero-order valence-corrected chi connectivity index (χ0v) is 22.5. The molecule has 32 heavy (non-hydrogen) atoms. The molecule has 6 unspecified atom stereocenters. The molecule has 3 N–H and O–H groups in total. The Morgan fingerprint density at radius 1 is 0.938 bits per heavy atom. The molecule has 0 aromatic carbocycles. The molecule has 0 bridgehead atoms. The Hall–Kier alpha value is -0.760. The average molecular weight is 463 g/mol. The van der Waals surface area contributed by atoms with Gasteiger partial charge in [-0.05, 0) is 38.5 Å². The molecule has 0 aliphatic heterocycles. The predicted molar refractivity (Wildman–Crippen MR) is 135 cm³/mol. The van der Waals surface area contributed by atoms with Crippen LogP contribution >= 0.6 is 0 Å². The van der Waals surface area contributed by atoms with Crippen molar-refractivity contribution < 1.29 is 29.5 Å². The van der Waals surface area contributed by atoms with Gasteiger partial charge >= 0.3 is 0 Å². The fourth-order valence-corrected chi connectivity index (χ4v) is 3.44. The smallest absolute Gasteiger partial charge is 0.0826 e. The molecular weight excluding hydrogens is 408 g/mol. The second-order valence-corrected chi connectivity index (χ2v) is 7.90. The van der Waals surface area contributed by atoms with E-state index in [9.17, 15) is 10.2 Å². The van der Waals surface area contributed by atoms with Gasteiger partial charge in [-0.15, -0.1) is 0 Å². The average Bonchev–Trinajstić information content (AvgIpc) is 2.83. The molecule has 0 aliphatic rings. The van der Waals surface area contributed by atoms with Gasteiger partial charge in [0.15, 0.2) is 0 Å². The highest BCUT2D eigenvalue weighted by atomic mass is 16.5. The second kappa shape index (κ2) is 24.9. The lowest BCUT2D eigenvalue weighted by atomic mass is 9.91. The van der Waals surface area contributed by atoms with E-state index < -0.39 is 0 Å². The molecule has 0 aromatic rings. The van der Waals surface area contributed by atoms with Crippen molar-refractivity contribution in [2.24, 2.45) is 11.8 Å². The summed E-state index contributed by atoms with van der Waals surface area (Å²) in [4.78, 5) is 0. The second-order valence-electron chi connectivity index (χ2n) is 7.90. The maximum atomic E-state index is 10.4. The highest BCUT2D eigenvalue weighted by Crippen LogP contribution is 2.20. The van der Waals surface area contributed by atoms with Gasteiger partial charge in [0.2, 0.25) is 0 Å². The highest BCUT2D eigenvalue weighted by molar-refractivity contribution is 5.12. The third-order valence-electron chi connectivity index (χ3n) is 5.61. The van der Waals surface area contributed by atoms with Crippen molar-refractivity contribution in [1.82, 2.24) is 0 Å². The van der Waals surface area contributed by atoms with Crippen molar-refractivity contribution in [3.63, 3.8) is 0 Å². The lowest BCUT2D eigenvalue weighted by molar-refractivity contribution is -0.00396. The van der Waals surface area contributed by atoms with Crippen LogP contribution in [0.1, 0.15) is 73.6 Å². The zero-order chi connectivity index (χ0) is 25.5. The van der Waals surface area contributed by atoms with E-state index in [0.29, 0.717) is 12.3 Å². The molecule has 0 heterocycles. The van der Waals surface area contributed by atoms with Gasteiger partial charge in [0.1, 0.15) is 0 Å². The van der Waals surface area contributed by atoms with Crippen molar-refractivity contribution in [2.45, 2.75) is 98.1 Å². The molecule has 0 spiro atoms. The summed E-state index contributed by atoms with van der Waals surface area (Å²) in [6.45, 7) is 12.4. The third-order valence-corrected chi connectivity index (χ3v) is 5.61. The van der Waals surface area contributed by atoms with Crippen LogP contribution in [0.4, 0.5) is 0 Å². The van der Waals surface area contributed by atoms with E-state index in [0.717, 1.165) is 32.8 Å². The van der Waals surface area contributed by atoms with Gasteiger partial charge in [-0.25, -0.2) is 0 Å². The number of aliphatic hydroxyl groups is 3. The van der Waals surface area contributed by atoms with Gasteiger partial charge < -0.3 is 29.5 Å². The number of rotatable bonds is 16. The Labute approximate surface area is 198 Å². The first-order valence-corrected chi connectivity index (χ1v) is 12.0.